The van der Waals surface area contributed by atoms with E-state index in [4.69, 9.17) is 0 Å². The molecule has 0 N–H and O–H groups in total. The highest BCUT2D eigenvalue weighted by atomic mass is 16.2. The molecule has 0 unspecified atom stereocenters. The Morgan fingerprint density at radius 3 is 2.59 bits per heavy atom. The van der Waals surface area contributed by atoms with E-state index in [2.05, 4.69) is 24.6 Å². The molecule has 1 amide bonds. The molecule has 2 aliphatic rings. The van der Waals surface area contributed by atoms with Crippen molar-refractivity contribution >= 4 is 5.91 Å². The summed E-state index contributed by atoms with van der Waals surface area (Å²) in [5.41, 5.74) is 2.48. The number of aryl methyl sites for hydroxylation is 3. The molecule has 7 nitrogen and oxygen atoms in total. The number of carbonyl (C=O) groups is 1. The van der Waals surface area contributed by atoms with Gasteiger partial charge in [0, 0.05) is 44.8 Å². The molecule has 4 rings (SSSR count). The Bertz CT molecular complexity index is 822. The van der Waals surface area contributed by atoms with E-state index < -0.39 is 0 Å². The summed E-state index contributed by atoms with van der Waals surface area (Å²) in [6.45, 7) is 8.94. The molecule has 0 bridgehead atoms. The van der Waals surface area contributed by atoms with Gasteiger partial charge in [0.25, 0.3) is 5.91 Å². The highest BCUT2D eigenvalue weighted by Crippen LogP contribution is 2.17. The Balaban J connectivity index is 1.37. The number of aromatic nitrogens is 4. The third-order valence-corrected chi connectivity index (χ3v) is 5.67. The number of hydrogen-bond donors (Lipinski definition) is 0. The standard InChI is InChI=1S/C20H28N6O/c1-15-7-8-17(16(2)21-15)20(27)25-12-10-24(11-13-25)14-19-23-22-18-6-4-3-5-9-26(18)19/h7-8H,3-6,9-14H2,1-2H3. The molecule has 1 saturated heterocycles. The quantitative estimate of drug-likeness (QED) is 0.829. The summed E-state index contributed by atoms with van der Waals surface area (Å²) in [5.74, 6) is 2.31. The second-order valence-corrected chi connectivity index (χ2v) is 7.65. The smallest absolute Gasteiger partial charge is 0.255 e. The first kappa shape index (κ1) is 18.1. The Kier molecular flexibility index (Phi) is 5.20. The zero-order valence-corrected chi connectivity index (χ0v) is 16.3. The molecule has 27 heavy (non-hydrogen) atoms. The van der Waals surface area contributed by atoms with E-state index in [0.717, 1.165) is 74.3 Å². The van der Waals surface area contributed by atoms with Crippen LogP contribution in [0.4, 0.5) is 0 Å². The molecule has 0 spiro atoms. The van der Waals surface area contributed by atoms with Crippen molar-refractivity contribution < 1.29 is 4.79 Å². The average Bonchev–Trinajstić information content (AvgIpc) is 2.88. The first-order chi connectivity index (χ1) is 13.1. The van der Waals surface area contributed by atoms with Gasteiger partial charge in [-0.3, -0.25) is 14.7 Å². The number of carbonyl (C=O) groups excluding carboxylic acids is 1. The van der Waals surface area contributed by atoms with E-state index in [0.29, 0.717) is 0 Å². The lowest BCUT2D eigenvalue weighted by molar-refractivity contribution is 0.0622. The van der Waals surface area contributed by atoms with Gasteiger partial charge in [-0.25, -0.2) is 0 Å². The molecule has 7 heteroatoms. The number of hydrogen-bond acceptors (Lipinski definition) is 5. The summed E-state index contributed by atoms with van der Waals surface area (Å²) in [5, 5.41) is 8.83. The van der Waals surface area contributed by atoms with Gasteiger partial charge in [-0.05, 0) is 38.8 Å². The first-order valence-corrected chi connectivity index (χ1v) is 9.98. The molecular formula is C20H28N6O. The number of piperazine rings is 1. The van der Waals surface area contributed by atoms with Crippen LogP contribution in [-0.2, 0) is 19.5 Å². The molecule has 2 aromatic rings. The van der Waals surface area contributed by atoms with Crippen LogP contribution in [-0.4, -0.2) is 61.6 Å². The maximum absolute atomic E-state index is 12.8. The average molecular weight is 368 g/mol. The van der Waals surface area contributed by atoms with Crippen LogP contribution in [0.5, 0.6) is 0 Å². The molecule has 2 aliphatic heterocycles. The van der Waals surface area contributed by atoms with Crippen LogP contribution >= 0.6 is 0 Å². The van der Waals surface area contributed by atoms with Crippen molar-refractivity contribution in [3.63, 3.8) is 0 Å². The highest BCUT2D eigenvalue weighted by Gasteiger charge is 2.25. The maximum atomic E-state index is 12.8. The van der Waals surface area contributed by atoms with Crippen molar-refractivity contribution in [3.8, 4) is 0 Å². The number of fused-ring (bicyclic) bond motifs is 1. The number of rotatable bonds is 3. The minimum Gasteiger partial charge on any atom is -0.336 e. The third-order valence-electron chi connectivity index (χ3n) is 5.67. The minimum absolute atomic E-state index is 0.0935. The number of nitrogens with zero attached hydrogens (tertiary/aromatic N) is 6. The van der Waals surface area contributed by atoms with Gasteiger partial charge >= 0.3 is 0 Å². The van der Waals surface area contributed by atoms with Gasteiger partial charge in [0.05, 0.1) is 17.8 Å². The molecule has 0 saturated carbocycles. The van der Waals surface area contributed by atoms with Crippen molar-refractivity contribution in [2.75, 3.05) is 26.2 Å². The fourth-order valence-electron chi connectivity index (χ4n) is 4.05. The van der Waals surface area contributed by atoms with Crippen molar-refractivity contribution in [2.24, 2.45) is 0 Å². The Morgan fingerprint density at radius 2 is 1.81 bits per heavy atom. The van der Waals surface area contributed by atoms with E-state index in [1.54, 1.807) is 0 Å². The summed E-state index contributed by atoms with van der Waals surface area (Å²) in [6.07, 6.45) is 4.74. The zero-order valence-electron chi connectivity index (χ0n) is 16.3. The van der Waals surface area contributed by atoms with Gasteiger partial charge in [-0.15, -0.1) is 10.2 Å². The van der Waals surface area contributed by atoms with E-state index in [9.17, 15) is 4.79 Å². The second kappa shape index (κ2) is 7.76. The predicted octanol–water partition coefficient (Wildman–Crippen LogP) is 1.97. The van der Waals surface area contributed by atoms with Crippen LogP contribution in [0.1, 0.15) is 52.7 Å². The normalized spacial score (nSPS) is 18.2. The van der Waals surface area contributed by atoms with Crippen LogP contribution < -0.4 is 0 Å². The Hall–Kier alpha value is -2.28. The lowest BCUT2D eigenvalue weighted by atomic mass is 10.1. The van der Waals surface area contributed by atoms with Gasteiger partial charge in [0.1, 0.15) is 11.6 Å². The molecule has 0 aromatic carbocycles. The zero-order chi connectivity index (χ0) is 18.8. The topological polar surface area (TPSA) is 67.2 Å². The van der Waals surface area contributed by atoms with E-state index in [1.807, 2.05) is 30.9 Å². The van der Waals surface area contributed by atoms with Gasteiger partial charge in [-0.2, -0.15) is 0 Å². The fraction of sp³-hybridized carbons (Fsp3) is 0.600. The number of amides is 1. The van der Waals surface area contributed by atoms with Crippen LogP contribution in [0.2, 0.25) is 0 Å². The molecule has 2 aromatic heterocycles. The van der Waals surface area contributed by atoms with Crippen LogP contribution in [0.25, 0.3) is 0 Å². The van der Waals surface area contributed by atoms with Gasteiger partial charge < -0.3 is 9.47 Å². The predicted molar refractivity (Wildman–Crippen MR) is 102 cm³/mol. The van der Waals surface area contributed by atoms with Crippen molar-refractivity contribution in [2.45, 2.75) is 52.6 Å². The lowest BCUT2D eigenvalue weighted by Crippen LogP contribution is -2.48. The largest absolute Gasteiger partial charge is 0.336 e. The molecule has 4 heterocycles. The number of pyridine rings is 1. The van der Waals surface area contributed by atoms with Crippen molar-refractivity contribution in [3.05, 3.63) is 40.7 Å². The summed E-state index contributed by atoms with van der Waals surface area (Å²) < 4.78 is 2.31. The van der Waals surface area contributed by atoms with E-state index >= 15 is 0 Å². The first-order valence-electron chi connectivity index (χ1n) is 9.98. The van der Waals surface area contributed by atoms with Crippen LogP contribution in [0, 0.1) is 13.8 Å². The summed E-state index contributed by atoms with van der Waals surface area (Å²) in [6, 6.07) is 3.81. The van der Waals surface area contributed by atoms with Crippen molar-refractivity contribution in [1.82, 2.24) is 29.5 Å². The molecule has 0 aliphatic carbocycles. The third kappa shape index (κ3) is 3.88. The molecule has 1 fully saturated rings. The van der Waals surface area contributed by atoms with Gasteiger partial charge in [0.15, 0.2) is 0 Å². The van der Waals surface area contributed by atoms with Crippen LogP contribution in [0.3, 0.4) is 0 Å². The highest BCUT2D eigenvalue weighted by molar-refractivity contribution is 5.95. The molecule has 0 radical (unpaired) electrons. The van der Waals surface area contributed by atoms with Gasteiger partial charge in [-0.1, -0.05) is 6.42 Å². The second-order valence-electron chi connectivity index (χ2n) is 7.65. The Labute approximate surface area is 160 Å². The summed E-state index contributed by atoms with van der Waals surface area (Å²) in [7, 11) is 0. The van der Waals surface area contributed by atoms with Crippen LogP contribution in [0.15, 0.2) is 12.1 Å². The summed E-state index contributed by atoms with van der Waals surface area (Å²) in [4.78, 5) is 21.6. The van der Waals surface area contributed by atoms with Gasteiger partial charge in [0.2, 0.25) is 0 Å². The monoisotopic (exact) mass is 368 g/mol. The Morgan fingerprint density at radius 1 is 1.00 bits per heavy atom. The SMILES string of the molecule is Cc1ccc(C(=O)N2CCN(Cc3nnc4n3CCCCC4)CC2)c(C)n1. The fourth-order valence-corrected chi connectivity index (χ4v) is 4.05. The maximum Gasteiger partial charge on any atom is 0.255 e. The minimum atomic E-state index is 0.0935. The van der Waals surface area contributed by atoms with E-state index in [-0.39, 0.29) is 5.91 Å². The molecule has 0 atom stereocenters. The summed E-state index contributed by atoms with van der Waals surface area (Å²) >= 11 is 0. The lowest BCUT2D eigenvalue weighted by Gasteiger charge is -2.34. The van der Waals surface area contributed by atoms with Crippen molar-refractivity contribution in [1.29, 1.82) is 0 Å². The van der Waals surface area contributed by atoms with E-state index in [1.165, 1.54) is 19.3 Å². The molecular weight excluding hydrogens is 340 g/mol. The molecule has 144 valence electrons.